The second kappa shape index (κ2) is 8.45. The van der Waals surface area contributed by atoms with Crippen LogP contribution in [0.1, 0.15) is 23.6 Å². The zero-order valence-corrected chi connectivity index (χ0v) is 18.5. The van der Waals surface area contributed by atoms with E-state index in [9.17, 15) is 4.79 Å². The maximum atomic E-state index is 12.3. The number of hydrogen-bond acceptors (Lipinski definition) is 7. The predicted molar refractivity (Wildman–Crippen MR) is 125 cm³/mol. The van der Waals surface area contributed by atoms with Crippen molar-refractivity contribution < 1.29 is 4.79 Å². The summed E-state index contributed by atoms with van der Waals surface area (Å²) in [6.07, 6.45) is 4.99. The lowest BCUT2D eigenvalue weighted by atomic mass is 10.00. The summed E-state index contributed by atoms with van der Waals surface area (Å²) in [6, 6.07) is 16.2. The summed E-state index contributed by atoms with van der Waals surface area (Å²) >= 11 is 7.46. The molecule has 3 heterocycles. The van der Waals surface area contributed by atoms with E-state index >= 15 is 0 Å². The highest BCUT2D eigenvalue weighted by molar-refractivity contribution is 8.14. The number of hydrazone groups is 1. The first-order valence-electron chi connectivity index (χ1n) is 10.2. The summed E-state index contributed by atoms with van der Waals surface area (Å²) in [5.74, 6) is 0.249. The van der Waals surface area contributed by atoms with Gasteiger partial charge in [0.2, 0.25) is 5.91 Å². The van der Waals surface area contributed by atoms with E-state index < -0.39 is 0 Å². The second-order valence-electron chi connectivity index (χ2n) is 7.82. The van der Waals surface area contributed by atoms with Gasteiger partial charge in [0.1, 0.15) is 6.17 Å². The molecule has 160 valence electrons. The number of fused-ring (bicyclic) bond motifs is 3. The maximum Gasteiger partial charge on any atom is 0.234 e. The number of carbonyl (C=O) groups is 1. The van der Waals surface area contributed by atoms with Gasteiger partial charge in [-0.1, -0.05) is 53.2 Å². The number of benzene rings is 2. The fraction of sp³-hybridized carbons (Fsp3) is 0.273. The molecule has 3 atom stereocenters. The van der Waals surface area contributed by atoms with Crippen molar-refractivity contribution in [2.24, 2.45) is 5.10 Å². The fourth-order valence-corrected chi connectivity index (χ4v) is 4.93. The Morgan fingerprint density at radius 2 is 1.97 bits per heavy atom. The molecule has 2 aromatic carbocycles. The van der Waals surface area contributed by atoms with Crippen molar-refractivity contribution >= 4 is 40.1 Å². The highest BCUT2D eigenvalue weighted by Gasteiger charge is 2.44. The smallest absolute Gasteiger partial charge is 0.234 e. The number of rotatable bonds is 4. The Hall–Kier alpha value is -2.68. The molecule has 7 nitrogen and oxygen atoms in total. The topological polar surface area (TPSA) is 72.0 Å². The largest absolute Gasteiger partial charge is 0.325 e. The molecule has 3 aliphatic rings. The molecule has 0 spiro atoms. The molecule has 0 saturated carbocycles. The molecule has 1 saturated heterocycles. The fourth-order valence-electron chi connectivity index (χ4n) is 4.03. The minimum absolute atomic E-state index is 0.0254. The van der Waals surface area contributed by atoms with E-state index in [1.807, 2.05) is 55.7 Å². The van der Waals surface area contributed by atoms with E-state index in [0.717, 1.165) is 27.9 Å². The van der Waals surface area contributed by atoms with Gasteiger partial charge in [0.15, 0.2) is 5.17 Å². The third-order valence-corrected chi connectivity index (χ3v) is 6.86. The summed E-state index contributed by atoms with van der Waals surface area (Å²) in [6.45, 7) is 2.02. The number of anilines is 1. The first kappa shape index (κ1) is 20.2. The highest BCUT2D eigenvalue weighted by Crippen LogP contribution is 2.35. The molecule has 5 rings (SSSR count). The molecule has 3 aliphatic heterocycles. The molecule has 1 amide bonds. The van der Waals surface area contributed by atoms with Crippen LogP contribution in [0.15, 0.2) is 66.0 Å². The Morgan fingerprint density at radius 1 is 1.19 bits per heavy atom. The summed E-state index contributed by atoms with van der Waals surface area (Å²) in [5.41, 5.74) is 9.98. The molecule has 0 radical (unpaired) electrons. The number of hydrogen-bond donors (Lipinski definition) is 3. The van der Waals surface area contributed by atoms with Crippen LogP contribution in [0.3, 0.4) is 0 Å². The molecule has 2 aromatic rings. The number of aryl methyl sites for hydroxylation is 1. The molecule has 3 unspecified atom stereocenters. The first-order chi connectivity index (χ1) is 15.1. The average molecular weight is 455 g/mol. The van der Waals surface area contributed by atoms with Crippen molar-refractivity contribution in [1.82, 2.24) is 20.8 Å². The van der Waals surface area contributed by atoms with Gasteiger partial charge in [0.25, 0.3) is 0 Å². The van der Waals surface area contributed by atoms with Crippen molar-refractivity contribution in [3.8, 4) is 0 Å². The average Bonchev–Trinajstić information content (AvgIpc) is 3.38. The monoisotopic (exact) mass is 454 g/mol. The lowest BCUT2D eigenvalue weighted by Gasteiger charge is -2.36. The van der Waals surface area contributed by atoms with Crippen LogP contribution in [0.25, 0.3) is 0 Å². The highest BCUT2D eigenvalue weighted by atomic mass is 35.5. The van der Waals surface area contributed by atoms with E-state index in [1.165, 1.54) is 17.3 Å². The van der Waals surface area contributed by atoms with Crippen LogP contribution in [-0.4, -0.2) is 38.9 Å². The van der Waals surface area contributed by atoms with Crippen LogP contribution in [0.5, 0.6) is 0 Å². The van der Waals surface area contributed by atoms with E-state index in [-0.39, 0.29) is 24.2 Å². The van der Waals surface area contributed by atoms with Gasteiger partial charge < -0.3 is 15.2 Å². The van der Waals surface area contributed by atoms with Gasteiger partial charge in [-0.05, 0) is 43.2 Å². The van der Waals surface area contributed by atoms with Gasteiger partial charge >= 0.3 is 0 Å². The number of thioether (sulfide) groups is 1. The minimum Gasteiger partial charge on any atom is -0.325 e. The van der Waals surface area contributed by atoms with Crippen LogP contribution in [0.2, 0.25) is 5.02 Å². The first-order valence-corrected chi connectivity index (χ1v) is 11.5. The van der Waals surface area contributed by atoms with Crippen molar-refractivity contribution in [2.45, 2.75) is 31.6 Å². The standard InChI is InChI=1S/C22H23ClN6OS/c1-14-2-8-17(9-3-14)24-20(30)13-31-22-26-25-21-19-12-18(15-4-6-16(23)7-5-15)27-29(19)11-10-28(21)22/h2-11,18-19,21,25,27H,12-13H2,1H3,(H,24,30). The number of halogens is 1. The summed E-state index contributed by atoms with van der Waals surface area (Å²) in [7, 11) is 0. The van der Waals surface area contributed by atoms with Gasteiger partial charge in [-0.3, -0.25) is 10.2 Å². The van der Waals surface area contributed by atoms with Crippen molar-refractivity contribution in [3.05, 3.63) is 77.1 Å². The molecular formula is C22H23ClN6OS. The number of nitrogens with one attached hydrogen (secondary N) is 3. The van der Waals surface area contributed by atoms with Gasteiger partial charge in [-0.2, -0.15) is 5.10 Å². The summed E-state index contributed by atoms with van der Waals surface area (Å²) in [5, 5.41) is 11.1. The number of nitrogens with zero attached hydrogens (tertiary/aromatic N) is 3. The lowest BCUT2D eigenvalue weighted by molar-refractivity contribution is -0.113. The number of amides is 1. The Labute approximate surface area is 190 Å². The van der Waals surface area contributed by atoms with Crippen LogP contribution in [0.4, 0.5) is 5.69 Å². The molecular weight excluding hydrogens is 432 g/mol. The van der Waals surface area contributed by atoms with Crippen LogP contribution in [0, 0.1) is 6.92 Å². The maximum absolute atomic E-state index is 12.3. The van der Waals surface area contributed by atoms with Crippen molar-refractivity contribution in [1.29, 1.82) is 0 Å². The summed E-state index contributed by atoms with van der Waals surface area (Å²) in [4.78, 5) is 14.5. The van der Waals surface area contributed by atoms with Gasteiger partial charge in [0, 0.05) is 23.1 Å². The Balaban J connectivity index is 1.18. The molecule has 9 heteroatoms. The number of amidine groups is 1. The lowest BCUT2D eigenvalue weighted by Crippen LogP contribution is -2.54. The third kappa shape index (κ3) is 4.23. The minimum atomic E-state index is -0.0482. The predicted octanol–water partition coefficient (Wildman–Crippen LogP) is 3.63. The number of hydrazine groups is 1. The van der Waals surface area contributed by atoms with Crippen LogP contribution >= 0.6 is 23.4 Å². The second-order valence-corrected chi connectivity index (χ2v) is 9.20. The Bertz CT molecular complexity index is 1030. The third-order valence-electron chi connectivity index (χ3n) is 5.64. The molecule has 0 aliphatic carbocycles. The van der Waals surface area contributed by atoms with Gasteiger partial charge in [0.05, 0.1) is 17.8 Å². The quantitative estimate of drug-likeness (QED) is 0.655. The van der Waals surface area contributed by atoms with E-state index in [2.05, 4.69) is 43.3 Å². The summed E-state index contributed by atoms with van der Waals surface area (Å²) < 4.78 is 0. The zero-order chi connectivity index (χ0) is 21.4. The van der Waals surface area contributed by atoms with Crippen LogP contribution in [-0.2, 0) is 4.79 Å². The van der Waals surface area contributed by atoms with Gasteiger partial charge in [-0.25, -0.2) is 5.43 Å². The molecule has 3 N–H and O–H groups in total. The van der Waals surface area contributed by atoms with E-state index in [0.29, 0.717) is 5.75 Å². The zero-order valence-electron chi connectivity index (χ0n) is 17.0. The molecule has 0 aromatic heterocycles. The van der Waals surface area contributed by atoms with E-state index in [4.69, 9.17) is 11.6 Å². The Kier molecular flexibility index (Phi) is 5.52. The molecule has 0 bridgehead atoms. The SMILES string of the molecule is Cc1ccc(NC(=O)CSC2=NNC3C4CC(c5ccc(Cl)cc5)NN4C=CN23)cc1. The van der Waals surface area contributed by atoms with E-state index in [1.54, 1.807) is 0 Å². The van der Waals surface area contributed by atoms with Crippen molar-refractivity contribution in [2.75, 3.05) is 11.1 Å². The normalized spacial score (nSPS) is 23.8. The van der Waals surface area contributed by atoms with Gasteiger partial charge in [-0.15, -0.1) is 0 Å². The molecule has 31 heavy (non-hydrogen) atoms. The Morgan fingerprint density at radius 3 is 2.74 bits per heavy atom. The van der Waals surface area contributed by atoms with Crippen molar-refractivity contribution in [3.63, 3.8) is 0 Å². The number of carbonyl (C=O) groups excluding carboxylic acids is 1. The van der Waals surface area contributed by atoms with Crippen LogP contribution < -0.4 is 16.2 Å². The molecule has 1 fully saturated rings.